The fourth-order valence-corrected chi connectivity index (χ4v) is 3.31. The quantitative estimate of drug-likeness (QED) is 0.396. The molecular weight excluding hydrogens is 411 g/mol. The number of nitrogens with one attached hydrogen (secondary N) is 2. The van der Waals surface area contributed by atoms with E-state index < -0.39 is 0 Å². The maximum atomic E-state index is 6.26. The third kappa shape index (κ3) is 6.51. The molecule has 2 heterocycles. The summed E-state index contributed by atoms with van der Waals surface area (Å²) in [7, 11) is 0. The normalized spacial score (nSPS) is 11.6. The molecule has 9 heteroatoms. The lowest BCUT2D eigenvalue weighted by atomic mass is 10.1. The molecule has 1 aromatic carbocycles. The number of benzene rings is 1. The Morgan fingerprint density at radius 3 is 2.83 bits per heavy atom. The highest BCUT2D eigenvalue weighted by atomic mass is 35.5. The van der Waals surface area contributed by atoms with Crippen LogP contribution in [0.1, 0.15) is 24.1 Å². The smallest absolute Gasteiger partial charge is 0.191 e. The lowest BCUT2D eigenvalue weighted by molar-refractivity contribution is 0.511. The summed E-state index contributed by atoms with van der Waals surface area (Å²) in [5.41, 5.74) is 1.03. The predicted octanol–water partition coefficient (Wildman–Crippen LogP) is 3.72. The first kappa shape index (κ1) is 21.2. The van der Waals surface area contributed by atoms with Crippen LogP contribution in [0.25, 0.3) is 0 Å². The van der Waals surface area contributed by atoms with E-state index in [1.165, 1.54) is 0 Å². The Bertz CT molecular complexity index is 923. The topological polar surface area (TPSA) is 80.3 Å². The van der Waals surface area contributed by atoms with Gasteiger partial charge < -0.3 is 19.6 Å². The first-order valence-electron chi connectivity index (χ1n) is 9.51. The molecule has 0 aliphatic heterocycles. The van der Waals surface area contributed by atoms with Crippen molar-refractivity contribution in [1.29, 1.82) is 0 Å². The average Bonchev–Trinajstić information content (AvgIpc) is 3.38. The molecule has 0 spiro atoms. The van der Waals surface area contributed by atoms with E-state index in [2.05, 4.69) is 32.7 Å². The monoisotopic (exact) mass is 434 g/mol. The summed E-state index contributed by atoms with van der Waals surface area (Å²) in [6.07, 6.45) is 4.99. The van der Waals surface area contributed by atoms with Crippen molar-refractivity contribution in [3.05, 3.63) is 70.1 Å². The van der Waals surface area contributed by atoms with Gasteiger partial charge in [0.25, 0.3) is 0 Å². The van der Waals surface area contributed by atoms with Gasteiger partial charge in [-0.15, -0.1) is 10.2 Å². The number of furan rings is 1. The Morgan fingerprint density at radius 2 is 2.07 bits per heavy atom. The third-order valence-corrected chi connectivity index (χ3v) is 4.92. The number of guanidine groups is 1. The van der Waals surface area contributed by atoms with Crippen LogP contribution in [0.2, 0.25) is 10.0 Å². The van der Waals surface area contributed by atoms with Gasteiger partial charge in [-0.05, 0) is 36.2 Å². The number of aryl methyl sites for hydroxylation is 1. The second-order valence-corrected chi connectivity index (χ2v) is 7.22. The average molecular weight is 435 g/mol. The zero-order valence-corrected chi connectivity index (χ0v) is 17.7. The van der Waals surface area contributed by atoms with Crippen molar-refractivity contribution in [1.82, 2.24) is 25.4 Å². The molecule has 0 fully saturated rings. The molecular formula is C20H24Cl2N6O. The van der Waals surface area contributed by atoms with Crippen molar-refractivity contribution in [2.75, 3.05) is 13.1 Å². The molecule has 2 aromatic heterocycles. The van der Waals surface area contributed by atoms with Gasteiger partial charge in [-0.25, -0.2) is 4.99 Å². The van der Waals surface area contributed by atoms with Crippen LogP contribution in [0.5, 0.6) is 0 Å². The van der Waals surface area contributed by atoms with Crippen LogP contribution >= 0.6 is 23.2 Å². The van der Waals surface area contributed by atoms with E-state index in [1.54, 1.807) is 18.7 Å². The zero-order chi connectivity index (χ0) is 20.5. The minimum absolute atomic E-state index is 0.455. The van der Waals surface area contributed by atoms with Crippen molar-refractivity contribution < 1.29 is 4.42 Å². The summed E-state index contributed by atoms with van der Waals surface area (Å²) < 4.78 is 7.40. The number of rotatable bonds is 9. The lowest BCUT2D eigenvalue weighted by Crippen LogP contribution is -2.40. The number of halogens is 2. The van der Waals surface area contributed by atoms with Gasteiger partial charge in [-0.2, -0.15) is 0 Å². The number of hydrogen-bond acceptors (Lipinski definition) is 4. The van der Waals surface area contributed by atoms with Gasteiger partial charge in [0, 0.05) is 36.1 Å². The molecule has 29 heavy (non-hydrogen) atoms. The maximum Gasteiger partial charge on any atom is 0.191 e. The number of aliphatic imine (C=N–C) groups is 1. The molecule has 0 bridgehead atoms. The van der Waals surface area contributed by atoms with Gasteiger partial charge in [-0.3, -0.25) is 0 Å². The molecule has 0 saturated heterocycles. The van der Waals surface area contributed by atoms with Crippen LogP contribution in [0.4, 0.5) is 0 Å². The first-order valence-corrected chi connectivity index (χ1v) is 10.3. The minimum atomic E-state index is 0.455. The minimum Gasteiger partial charge on any atom is -0.467 e. The van der Waals surface area contributed by atoms with E-state index in [-0.39, 0.29) is 0 Å². The van der Waals surface area contributed by atoms with Gasteiger partial charge in [0.1, 0.15) is 24.5 Å². The molecule has 0 atom stereocenters. The van der Waals surface area contributed by atoms with E-state index >= 15 is 0 Å². The Balaban J connectivity index is 1.55. The van der Waals surface area contributed by atoms with Crippen molar-refractivity contribution in [3.63, 3.8) is 0 Å². The van der Waals surface area contributed by atoms with Crippen LogP contribution in [0, 0.1) is 0 Å². The van der Waals surface area contributed by atoms with Crippen LogP contribution in [0.3, 0.4) is 0 Å². The molecule has 154 valence electrons. The van der Waals surface area contributed by atoms with Crippen molar-refractivity contribution in [2.24, 2.45) is 4.99 Å². The van der Waals surface area contributed by atoms with Gasteiger partial charge in [0.2, 0.25) is 0 Å². The zero-order valence-electron chi connectivity index (χ0n) is 16.2. The number of hydrogen-bond donors (Lipinski definition) is 2. The number of nitrogens with zero attached hydrogens (tertiary/aromatic N) is 4. The summed E-state index contributed by atoms with van der Waals surface area (Å²) in [6, 6.07) is 9.30. The largest absolute Gasteiger partial charge is 0.467 e. The van der Waals surface area contributed by atoms with E-state index in [1.807, 2.05) is 28.8 Å². The molecule has 0 amide bonds. The Hall–Kier alpha value is -2.51. The van der Waals surface area contributed by atoms with Crippen molar-refractivity contribution in [2.45, 2.75) is 32.9 Å². The molecule has 0 saturated carbocycles. The molecule has 0 aliphatic rings. The standard InChI is InChI=1S/C20H24Cl2N6O/c1-2-19-27-26-14-28(19)10-9-24-20(25-13-17-4-3-11-29-17)23-8-7-15-5-6-16(21)12-18(15)22/h3-6,11-12,14H,2,7-10,13H2,1H3,(H2,23,24,25). The Labute approximate surface area is 180 Å². The molecule has 3 rings (SSSR count). The molecule has 2 N–H and O–H groups in total. The summed E-state index contributed by atoms with van der Waals surface area (Å²) in [6.45, 7) is 4.64. The summed E-state index contributed by atoms with van der Waals surface area (Å²) in [5, 5.41) is 16.1. The van der Waals surface area contributed by atoms with Crippen LogP contribution < -0.4 is 10.6 Å². The third-order valence-electron chi connectivity index (χ3n) is 4.33. The summed E-state index contributed by atoms with van der Waals surface area (Å²) in [5.74, 6) is 2.47. The SMILES string of the molecule is CCc1nncn1CCNC(=NCc1ccco1)NCCc1ccc(Cl)cc1Cl. The molecule has 7 nitrogen and oxygen atoms in total. The highest BCUT2D eigenvalue weighted by Gasteiger charge is 2.05. The molecule has 0 aliphatic carbocycles. The first-order chi connectivity index (χ1) is 14.2. The van der Waals surface area contributed by atoms with Crippen molar-refractivity contribution >= 4 is 29.2 Å². The van der Waals surface area contributed by atoms with Gasteiger partial charge in [0.15, 0.2) is 5.96 Å². The van der Waals surface area contributed by atoms with Gasteiger partial charge >= 0.3 is 0 Å². The Morgan fingerprint density at radius 1 is 1.21 bits per heavy atom. The highest BCUT2D eigenvalue weighted by Crippen LogP contribution is 2.21. The fourth-order valence-electron chi connectivity index (χ4n) is 2.81. The van der Waals surface area contributed by atoms with Crippen LogP contribution in [-0.2, 0) is 25.9 Å². The van der Waals surface area contributed by atoms with Crippen LogP contribution in [0.15, 0.2) is 52.3 Å². The predicted molar refractivity (Wildman–Crippen MR) is 115 cm³/mol. The fraction of sp³-hybridized carbons (Fsp3) is 0.350. The number of aromatic nitrogens is 3. The summed E-state index contributed by atoms with van der Waals surface area (Å²) >= 11 is 12.2. The van der Waals surface area contributed by atoms with E-state index in [0.29, 0.717) is 35.6 Å². The van der Waals surface area contributed by atoms with E-state index in [0.717, 1.165) is 36.5 Å². The summed E-state index contributed by atoms with van der Waals surface area (Å²) in [4.78, 5) is 4.60. The maximum absolute atomic E-state index is 6.26. The molecule has 3 aromatic rings. The van der Waals surface area contributed by atoms with Gasteiger partial charge in [0.05, 0.1) is 6.26 Å². The van der Waals surface area contributed by atoms with Crippen LogP contribution in [-0.4, -0.2) is 33.8 Å². The Kier molecular flexibility index (Phi) is 7.95. The van der Waals surface area contributed by atoms with Crippen molar-refractivity contribution in [3.8, 4) is 0 Å². The lowest BCUT2D eigenvalue weighted by Gasteiger charge is -2.14. The van der Waals surface area contributed by atoms with Gasteiger partial charge in [-0.1, -0.05) is 36.2 Å². The second-order valence-electron chi connectivity index (χ2n) is 6.38. The molecule has 0 unspecified atom stereocenters. The second kappa shape index (κ2) is 10.9. The van der Waals surface area contributed by atoms with E-state index in [9.17, 15) is 0 Å². The molecule has 0 radical (unpaired) electrons. The highest BCUT2D eigenvalue weighted by molar-refractivity contribution is 6.35. The van der Waals surface area contributed by atoms with E-state index in [4.69, 9.17) is 27.6 Å².